The Morgan fingerprint density at radius 1 is 0.839 bits per heavy atom. The first-order valence-electron chi connectivity index (χ1n) is 10.9. The molecule has 1 N–H and O–H groups in total. The lowest BCUT2D eigenvalue weighted by Crippen LogP contribution is -2.48. The van der Waals surface area contributed by atoms with E-state index in [0.717, 1.165) is 55.4 Å². The molecule has 0 radical (unpaired) electrons. The van der Waals surface area contributed by atoms with Crippen molar-refractivity contribution in [3.05, 3.63) is 66.2 Å². The smallest absolute Gasteiger partial charge is 0.231 e. The monoisotopic (exact) mass is 420 g/mol. The maximum atomic E-state index is 10.5. The molecule has 2 aliphatic rings. The van der Waals surface area contributed by atoms with Gasteiger partial charge in [0.05, 0.1) is 0 Å². The fourth-order valence-electron chi connectivity index (χ4n) is 4.23. The normalized spacial score (nSPS) is 17.7. The quantitative estimate of drug-likeness (QED) is 0.634. The summed E-state index contributed by atoms with van der Waals surface area (Å²) in [6.45, 7) is 5.98. The Kier molecular flexibility index (Phi) is 5.93. The van der Waals surface area contributed by atoms with Gasteiger partial charge in [0.25, 0.3) is 0 Å². The van der Waals surface area contributed by atoms with Gasteiger partial charge < -0.3 is 19.3 Å². The molecule has 0 aliphatic carbocycles. The van der Waals surface area contributed by atoms with Gasteiger partial charge in [-0.15, -0.1) is 0 Å². The number of hydrogen-bond acceptors (Lipinski definition) is 6. The fourth-order valence-corrected chi connectivity index (χ4v) is 4.23. The van der Waals surface area contributed by atoms with E-state index < -0.39 is 6.10 Å². The van der Waals surface area contributed by atoms with Gasteiger partial charge >= 0.3 is 0 Å². The minimum absolute atomic E-state index is 0.301. The van der Waals surface area contributed by atoms with Crippen LogP contribution in [0.2, 0.25) is 0 Å². The first kappa shape index (κ1) is 20.1. The molecule has 0 bridgehead atoms. The van der Waals surface area contributed by atoms with Crippen molar-refractivity contribution in [2.75, 3.05) is 46.1 Å². The fraction of sp³-hybridized carbons (Fsp3) is 0.360. The van der Waals surface area contributed by atoms with Crippen LogP contribution in [0.3, 0.4) is 0 Å². The van der Waals surface area contributed by atoms with Crippen molar-refractivity contribution in [1.29, 1.82) is 0 Å². The molecule has 1 fully saturated rings. The summed E-state index contributed by atoms with van der Waals surface area (Å²) in [7, 11) is 0. The van der Waals surface area contributed by atoms with E-state index in [1.165, 1.54) is 10.9 Å². The summed E-state index contributed by atoms with van der Waals surface area (Å²) in [5.74, 6) is 2.46. The predicted octanol–water partition coefficient (Wildman–Crippen LogP) is 3.13. The zero-order valence-corrected chi connectivity index (χ0v) is 17.6. The van der Waals surface area contributed by atoms with Crippen LogP contribution < -0.4 is 14.2 Å². The van der Waals surface area contributed by atoms with Crippen LogP contribution in [0.4, 0.5) is 0 Å². The minimum Gasteiger partial charge on any atom is -0.491 e. The highest BCUT2D eigenvalue weighted by molar-refractivity contribution is 5.83. The summed E-state index contributed by atoms with van der Waals surface area (Å²) in [5.41, 5.74) is 1.24. The number of ether oxygens (including phenoxy) is 3. The van der Waals surface area contributed by atoms with Gasteiger partial charge in [-0.2, -0.15) is 0 Å². The standard InChI is InChI=1S/C25H28N2O4/c28-22(17-29-23-7-6-20-3-1-2-4-21(20)14-23)16-27-11-9-26(10-12-27)15-19-5-8-24-25(13-19)31-18-30-24/h1-8,13-14,22,28H,9-12,15-18H2/t22-/m0/s1. The van der Waals surface area contributed by atoms with Crippen molar-refractivity contribution < 1.29 is 19.3 Å². The molecule has 31 heavy (non-hydrogen) atoms. The van der Waals surface area contributed by atoms with Crippen molar-refractivity contribution in [1.82, 2.24) is 9.80 Å². The summed E-state index contributed by atoms with van der Waals surface area (Å²) in [4.78, 5) is 4.75. The summed E-state index contributed by atoms with van der Waals surface area (Å²) in [6, 6.07) is 20.4. The van der Waals surface area contributed by atoms with Gasteiger partial charge in [-0.25, -0.2) is 0 Å². The number of aliphatic hydroxyl groups is 1. The summed E-state index contributed by atoms with van der Waals surface area (Å²) >= 11 is 0. The molecule has 0 unspecified atom stereocenters. The number of aliphatic hydroxyl groups excluding tert-OH is 1. The zero-order valence-electron chi connectivity index (χ0n) is 17.6. The van der Waals surface area contributed by atoms with Gasteiger partial charge in [-0.05, 0) is 40.6 Å². The largest absolute Gasteiger partial charge is 0.491 e. The van der Waals surface area contributed by atoms with E-state index in [-0.39, 0.29) is 0 Å². The zero-order chi connectivity index (χ0) is 21.0. The Balaban J connectivity index is 1.06. The lowest BCUT2D eigenvalue weighted by Gasteiger charge is -2.35. The highest BCUT2D eigenvalue weighted by Crippen LogP contribution is 2.32. The van der Waals surface area contributed by atoms with E-state index >= 15 is 0 Å². The number of piperazine rings is 1. The molecule has 3 aromatic carbocycles. The third-order valence-corrected chi connectivity index (χ3v) is 5.94. The maximum absolute atomic E-state index is 10.5. The molecule has 1 saturated heterocycles. The Morgan fingerprint density at radius 3 is 2.48 bits per heavy atom. The van der Waals surface area contributed by atoms with Crippen LogP contribution >= 0.6 is 0 Å². The van der Waals surface area contributed by atoms with Crippen LogP contribution in [0.15, 0.2) is 60.7 Å². The van der Waals surface area contributed by atoms with Gasteiger partial charge in [-0.3, -0.25) is 9.80 Å². The van der Waals surface area contributed by atoms with E-state index in [1.54, 1.807) is 0 Å². The van der Waals surface area contributed by atoms with Crippen LogP contribution in [-0.4, -0.2) is 67.1 Å². The molecule has 0 aromatic heterocycles. The van der Waals surface area contributed by atoms with E-state index in [1.807, 2.05) is 30.3 Å². The van der Waals surface area contributed by atoms with Crippen molar-refractivity contribution in [3.8, 4) is 17.2 Å². The maximum Gasteiger partial charge on any atom is 0.231 e. The molecule has 0 saturated carbocycles. The lowest BCUT2D eigenvalue weighted by atomic mass is 10.1. The molecular formula is C25H28N2O4. The number of β-amino-alcohol motifs (C(OH)–C–C–N with tert-alkyl or cyclic N) is 1. The molecule has 0 spiro atoms. The number of benzene rings is 3. The molecule has 6 heteroatoms. The van der Waals surface area contributed by atoms with Crippen LogP contribution in [0.5, 0.6) is 17.2 Å². The van der Waals surface area contributed by atoms with Crippen LogP contribution in [0, 0.1) is 0 Å². The molecule has 0 amide bonds. The van der Waals surface area contributed by atoms with Gasteiger partial charge in [-0.1, -0.05) is 36.4 Å². The average Bonchev–Trinajstić information content (AvgIpc) is 3.27. The highest BCUT2D eigenvalue weighted by atomic mass is 16.7. The second-order valence-electron chi connectivity index (χ2n) is 8.24. The average molecular weight is 421 g/mol. The third kappa shape index (κ3) is 4.93. The Morgan fingerprint density at radius 2 is 1.61 bits per heavy atom. The molecule has 1 atom stereocenters. The Hall–Kier alpha value is -2.80. The molecule has 6 nitrogen and oxygen atoms in total. The first-order valence-corrected chi connectivity index (χ1v) is 10.9. The molecule has 2 heterocycles. The molecule has 5 rings (SSSR count). The predicted molar refractivity (Wildman–Crippen MR) is 120 cm³/mol. The number of hydrogen-bond donors (Lipinski definition) is 1. The van der Waals surface area contributed by atoms with Crippen LogP contribution in [-0.2, 0) is 6.54 Å². The molecule has 2 aliphatic heterocycles. The number of nitrogens with zero attached hydrogens (tertiary/aromatic N) is 2. The molecule has 162 valence electrons. The highest BCUT2D eigenvalue weighted by Gasteiger charge is 2.21. The molecule has 3 aromatic rings. The van der Waals surface area contributed by atoms with Gasteiger partial charge in [0.15, 0.2) is 11.5 Å². The molecular weight excluding hydrogens is 392 g/mol. The Labute approximate surface area is 182 Å². The Bertz CT molecular complexity index is 1030. The van der Waals surface area contributed by atoms with E-state index in [4.69, 9.17) is 14.2 Å². The van der Waals surface area contributed by atoms with Crippen molar-refractivity contribution in [3.63, 3.8) is 0 Å². The summed E-state index contributed by atoms with van der Waals surface area (Å²) in [5, 5.41) is 12.8. The van der Waals surface area contributed by atoms with Crippen molar-refractivity contribution in [2.45, 2.75) is 12.6 Å². The van der Waals surface area contributed by atoms with Gasteiger partial charge in [0.1, 0.15) is 18.5 Å². The topological polar surface area (TPSA) is 54.4 Å². The SMILES string of the molecule is O[C@H](COc1ccc2ccccc2c1)CN1CCN(Cc2ccc3c(c2)OCO3)CC1. The van der Waals surface area contributed by atoms with Gasteiger partial charge in [0, 0.05) is 39.3 Å². The lowest BCUT2D eigenvalue weighted by molar-refractivity contribution is 0.0446. The second-order valence-corrected chi connectivity index (χ2v) is 8.24. The summed E-state index contributed by atoms with van der Waals surface area (Å²) in [6.07, 6.45) is -0.508. The number of rotatable bonds is 7. The first-order chi connectivity index (χ1) is 15.2. The minimum atomic E-state index is -0.508. The third-order valence-electron chi connectivity index (χ3n) is 5.94. The van der Waals surface area contributed by atoms with E-state index in [9.17, 15) is 5.11 Å². The number of fused-ring (bicyclic) bond motifs is 2. The van der Waals surface area contributed by atoms with Crippen LogP contribution in [0.1, 0.15) is 5.56 Å². The van der Waals surface area contributed by atoms with E-state index in [0.29, 0.717) is 19.9 Å². The van der Waals surface area contributed by atoms with E-state index in [2.05, 4.69) is 40.1 Å². The second kappa shape index (κ2) is 9.14. The summed E-state index contributed by atoms with van der Waals surface area (Å²) < 4.78 is 16.7. The van der Waals surface area contributed by atoms with Gasteiger partial charge in [0.2, 0.25) is 6.79 Å². The van der Waals surface area contributed by atoms with Crippen molar-refractivity contribution in [2.24, 2.45) is 0 Å². The van der Waals surface area contributed by atoms with Crippen LogP contribution in [0.25, 0.3) is 10.8 Å². The van der Waals surface area contributed by atoms with Crippen molar-refractivity contribution >= 4 is 10.8 Å².